The maximum absolute atomic E-state index is 10.9. The van der Waals surface area contributed by atoms with Crippen LogP contribution in [0.25, 0.3) is 5.69 Å². The van der Waals surface area contributed by atoms with Crippen molar-refractivity contribution in [2.75, 3.05) is 0 Å². The molecule has 2 aromatic rings. The average Bonchev–Trinajstić information content (AvgIpc) is 2.66. The van der Waals surface area contributed by atoms with Crippen molar-refractivity contribution < 1.29 is 9.90 Å². The summed E-state index contributed by atoms with van der Waals surface area (Å²) in [5.74, 6) is -1.08. The minimum atomic E-state index is -1.08. The molecule has 82 valence electrons. The molecule has 5 nitrogen and oxygen atoms in total. The lowest BCUT2D eigenvalue weighted by atomic mass is 10.3. The standard InChI is InChI=1S/C9H5Br2N3O2/c10-5-2-1-3-6(11)8(5)14-7(9(15)16)4-12-13-14/h1-4H,(H,15,16). The first-order valence-corrected chi connectivity index (χ1v) is 5.78. The van der Waals surface area contributed by atoms with Crippen LogP contribution < -0.4 is 0 Å². The van der Waals surface area contributed by atoms with Gasteiger partial charge in [-0.25, -0.2) is 9.48 Å². The van der Waals surface area contributed by atoms with E-state index in [2.05, 4.69) is 42.2 Å². The normalized spacial score (nSPS) is 10.4. The number of halogens is 2. The highest BCUT2D eigenvalue weighted by Crippen LogP contribution is 2.29. The Labute approximate surface area is 107 Å². The Morgan fingerprint density at radius 1 is 1.31 bits per heavy atom. The number of aromatic carboxylic acids is 1. The molecule has 7 heteroatoms. The molecular formula is C9H5Br2N3O2. The van der Waals surface area contributed by atoms with E-state index in [4.69, 9.17) is 5.11 Å². The van der Waals surface area contributed by atoms with Crippen molar-refractivity contribution in [3.05, 3.63) is 39.0 Å². The third kappa shape index (κ3) is 1.88. The van der Waals surface area contributed by atoms with Crippen LogP contribution in [0.5, 0.6) is 0 Å². The molecule has 2 rings (SSSR count). The summed E-state index contributed by atoms with van der Waals surface area (Å²) in [6.07, 6.45) is 1.20. The maximum Gasteiger partial charge on any atom is 0.356 e. The molecule has 1 aromatic carbocycles. The predicted octanol–water partition coefficient (Wildman–Crippen LogP) is 2.49. The van der Waals surface area contributed by atoms with E-state index in [1.807, 2.05) is 6.07 Å². The van der Waals surface area contributed by atoms with Crippen molar-refractivity contribution in [1.82, 2.24) is 15.0 Å². The SMILES string of the molecule is O=C(O)c1cnnn1-c1c(Br)cccc1Br. The number of hydrogen-bond donors (Lipinski definition) is 1. The fraction of sp³-hybridized carbons (Fsp3) is 0. The highest BCUT2D eigenvalue weighted by Gasteiger charge is 2.16. The molecule has 1 N–H and O–H groups in total. The molecule has 1 aromatic heterocycles. The number of rotatable bonds is 2. The molecule has 16 heavy (non-hydrogen) atoms. The fourth-order valence-corrected chi connectivity index (χ4v) is 2.57. The number of aromatic nitrogens is 3. The Morgan fingerprint density at radius 2 is 1.94 bits per heavy atom. The second-order valence-corrected chi connectivity index (χ2v) is 4.62. The van der Waals surface area contributed by atoms with E-state index < -0.39 is 5.97 Å². The number of nitrogens with zero attached hydrogens (tertiary/aromatic N) is 3. The van der Waals surface area contributed by atoms with Gasteiger partial charge in [-0.1, -0.05) is 11.3 Å². The Balaban J connectivity index is 2.68. The molecule has 0 amide bonds. The first kappa shape index (κ1) is 11.3. The number of benzene rings is 1. The number of hydrogen-bond acceptors (Lipinski definition) is 3. The quantitative estimate of drug-likeness (QED) is 0.907. The molecule has 0 unspecified atom stereocenters. The van der Waals surface area contributed by atoms with Crippen LogP contribution >= 0.6 is 31.9 Å². The highest BCUT2D eigenvalue weighted by atomic mass is 79.9. The summed E-state index contributed by atoms with van der Waals surface area (Å²) in [6.45, 7) is 0. The minimum absolute atomic E-state index is 0.00704. The Morgan fingerprint density at radius 3 is 2.50 bits per heavy atom. The van der Waals surface area contributed by atoms with Crippen LogP contribution in [0.3, 0.4) is 0 Å². The summed E-state index contributed by atoms with van der Waals surface area (Å²) in [7, 11) is 0. The Hall–Kier alpha value is -1.21. The summed E-state index contributed by atoms with van der Waals surface area (Å²) in [5.41, 5.74) is 0.616. The van der Waals surface area contributed by atoms with Crippen LogP contribution in [0.2, 0.25) is 0 Å². The molecule has 0 fully saturated rings. The first-order chi connectivity index (χ1) is 7.61. The van der Waals surface area contributed by atoms with Crippen molar-refractivity contribution in [1.29, 1.82) is 0 Å². The van der Waals surface area contributed by atoms with Crippen molar-refractivity contribution in [2.24, 2.45) is 0 Å². The molecule has 0 saturated carbocycles. The van der Waals surface area contributed by atoms with Gasteiger partial charge in [0.1, 0.15) is 0 Å². The maximum atomic E-state index is 10.9. The molecule has 1 heterocycles. The summed E-state index contributed by atoms with van der Waals surface area (Å²) >= 11 is 6.68. The van der Waals surface area contributed by atoms with Crippen LogP contribution in [-0.2, 0) is 0 Å². The van der Waals surface area contributed by atoms with Gasteiger partial charge >= 0.3 is 5.97 Å². The lowest BCUT2D eigenvalue weighted by Gasteiger charge is -2.07. The second-order valence-electron chi connectivity index (χ2n) is 2.91. The van der Waals surface area contributed by atoms with Crippen molar-refractivity contribution in [3.8, 4) is 5.69 Å². The molecule has 0 radical (unpaired) electrons. The van der Waals surface area contributed by atoms with Gasteiger partial charge < -0.3 is 5.11 Å². The zero-order chi connectivity index (χ0) is 11.7. The number of carbonyl (C=O) groups is 1. The van der Waals surface area contributed by atoms with Gasteiger partial charge in [0, 0.05) is 8.95 Å². The van der Waals surface area contributed by atoms with Crippen LogP contribution in [-0.4, -0.2) is 26.1 Å². The van der Waals surface area contributed by atoms with Gasteiger partial charge in [-0.05, 0) is 44.0 Å². The zero-order valence-electron chi connectivity index (χ0n) is 7.76. The lowest BCUT2D eigenvalue weighted by Crippen LogP contribution is -2.09. The summed E-state index contributed by atoms with van der Waals surface area (Å²) < 4.78 is 2.72. The van der Waals surface area contributed by atoms with Crippen molar-refractivity contribution in [3.63, 3.8) is 0 Å². The third-order valence-corrected chi connectivity index (χ3v) is 3.20. The summed E-state index contributed by atoms with van der Waals surface area (Å²) in [5, 5.41) is 16.3. The van der Waals surface area contributed by atoms with E-state index in [9.17, 15) is 4.79 Å². The first-order valence-electron chi connectivity index (χ1n) is 4.19. The van der Waals surface area contributed by atoms with Crippen molar-refractivity contribution in [2.45, 2.75) is 0 Å². The van der Waals surface area contributed by atoms with Gasteiger partial charge in [-0.3, -0.25) is 0 Å². The van der Waals surface area contributed by atoms with Gasteiger partial charge in [-0.15, -0.1) is 5.10 Å². The van der Waals surface area contributed by atoms with E-state index in [0.29, 0.717) is 5.69 Å². The fourth-order valence-electron chi connectivity index (χ4n) is 1.24. The van der Waals surface area contributed by atoms with Crippen LogP contribution in [0, 0.1) is 0 Å². The topological polar surface area (TPSA) is 68.0 Å². The predicted molar refractivity (Wildman–Crippen MR) is 63.7 cm³/mol. The zero-order valence-corrected chi connectivity index (χ0v) is 10.9. The van der Waals surface area contributed by atoms with E-state index in [1.165, 1.54) is 10.9 Å². The largest absolute Gasteiger partial charge is 0.476 e. The van der Waals surface area contributed by atoms with Crippen molar-refractivity contribution >= 4 is 37.8 Å². The van der Waals surface area contributed by atoms with E-state index in [1.54, 1.807) is 12.1 Å². The minimum Gasteiger partial charge on any atom is -0.476 e. The molecule has 0 aliphatic rings. The Kier molecular flexibility index (Phi) is 3.06. The molecule has 0 aliphatic carbocycles. The molecule has 0 spiro atoms. The van der Waals surface area contributed by atoms with Crippen LogP contribution in [0.4, 0.5) is 0 Å². The van der Waals surface area contributed by atoms with Gasteiger partial charge in [-0.2, -0.15) is 0 Å². The van der Waals surface area contributed by atoms with Gasteiger partial charge in [0.25, 0.3) is 0 Å². The van der Waals surface area contributed by atoms with Gasteiger partial charge in [0.15, 0.2) is 5.69 Å². The second kappa shape index (κ2) is 4.34. The molecule has 0 aliphatic heterocycles. The van der Waals surface area contributed by atoms with E-state index in [0.717, 1.165) is 8.95 Å². The molecule has 0 atom stereocenters. The number of carboxylic acids is 1. The van der Waals surface area contributed by atoms with Gasteiger partial charge in [0.05, 0.1) is 11.9 Å². The third-order valence-electron chi connectivity index (χ3n) is 1.92. The van der Waals surface area contributed by atoms with Crippen LogP contribution in [0.15, 0.2) is 33.3 Å². The molecule has 0 saturated heterocycles. The monoisotopic (exact) mass is 345 g/mol. The average molecular weight is 347 g/mol. The highest BCUT2D eigenvalue weighted by molar-refractivity contribution is 9.11. The van der Waals surface area contributed by atoms with Gasteiger partial charge in [0.2, 0.25) is 0 Å². The summed E-state index contributed by atoms with van der Waals surface area (Å²) in [4.78, 5) is 10.9. The lowest BCUT2D eigenvalue weighted by molar-refractivity contribution is 0.0687. The molecule has 0 bridgehead atoms. The number of carboxylic acid groups (broad SMARTS) is 1. The number of para-hydroxylation sites is 1. The van der Waals surface area contributed by atoms with E-state index >= 15 is 0 Å². The molecular weight excluding hydrogens is 342 g/mol. The smallest absolute Gasteiger partial charge is 0.356 e. The Bertz CT molecular complexity index is 533. The van der Waals surface area contributed by atoms with E-state index in [-0.39, 0.29) is 5.69 Å². The van der Waals surface area contributed by atoms with Crippen LogP contribution in [0.1, 0.15) is 10.5 Å². The summed E-state index contributed by atoms with van der Waals surface area (Å²) in [6, 6.07) is 5.43.